The number of anilines is 2. The third-order valence-corrected chi connectivity index (χ3v) is 6.02. The number of rotatable bonds is 7. The minimum absolute atomic E-state index is 0.0404. The number of furan rings is 1. The van der Waals surface area contributed by atoms with Crippen molar-refractivity contribution in [3.8, 4) is 0 Å². The molecule has 0 bridgehead atoms. The largest absolute Gasteiger partial charge is 0.459 e. The predicted molar refractivity (Wildman–Crippen MR) is 129 cm³/mol. The highest BCUT2D eigenvalue weighted by molar-refractivity contribution is 7.98. The van der Waals surface area contributed by atoms with E-state index in [-0.39, 0.29) is 17.0 Å². The number of carbonyl (C=O) groups excluding carboxylic acids is 2. The molecule has 0 fully saturated rings. The molecule has 3 aromatic carbocycles. The molecule has 2 amide bonds. The SMILES string of the molecule is O=C(Nc1ccc(NC(=O)c2ccco2)cc1C(F)(F)F)c1ccc(SCc2ccccc2)cc1. The molecule has 0 aliphatic rings. The lowest BCUT2D eigenvalue weighted by molar-refractivity contribution is -0.136. The number of hydrogen-bond acceptors (Lipinski definition) is 4. The lowest BCUT2D eigenvalue weighted by Crippen LogP contribution is -2.18. The van der Waals surface area contributed by atoms with E-state index in [4.69, 9.17) is 4.42 Å². The van der Waals surface area contributed by atoms with Crippen LogP contribution in [0.15, 0.2) is 101 Å². The first kappa shape index (κ1) is 24.2. The average Bonchev–Trinajstić information content (AvgIpc) is 3.39. The summed E-state index contributed by atoms with van der Waals surface area (Å²) in [4.78, 5) is 25.6. The molecule has 0 radical (unpaired) electrons. The highest BCUT2D eigenvalue weighted by Crippen LogP contribution is 2.37. The average molecular weight is 497 g/mol. The summed E-state index contributed by atoms with van der Waals surface area (Å²) in [7, 11) is 0. The monoisotopic (exact) mass is 496 g/mol. The molecule has 0 unspecified atom stereocenters. The van der Waals surface area contributed by atoms with Gasteiger partial charge in [0.05, 0.1) is 17.5 Å². The van der Waals surface area contributed by atoms with E-state index in [9.17, 15) is 22.8 Å². The topological polar surface area (TPSA) is 71.3 Å². The third kappa shape index (κ3) is 6.33. The highest BCUT2D eigenvalue weighted by Gasteiger charge is 2.34. The zero-order valence-electron chi connectivity index (χ0n) is 18.1. The van der Waals surface area contributed by atoms with Gasteiger partial charge in [-0.05, 0) is 60.2 Å². The maximum Gasteiger partial charge on any atom is 0.418 e. The Morgan fingerprint density at radius 2 is 1.57 bits per heavy atom. The molecule has 4 aromatic rings. The number of amides is 2. The summed E-state index contributed by atoms with van der Waals surface area (Å²) in [5, 5.41) is 4.67. The Morgan fingerprint density at radius 3 is 2.23 bits per heavy atom. The Hall–Kier alpha value is -3.98. The normalized spacial score (nSPS) is 11.2. The van der Waals surface area contributed by atoms with Gasteiger partial charge in [-0.1, -0.05) is 30.3 Å². The summed E-state index contributed by atoms with van der Waals surface area (Å²) in [6.07, 6.45) is -3.48. The fourth-order valence-corrected chi connectivity index (χ4v) is 4.06. The molecular weight excluding hydrogens is 477 g/mol. The molecule has 1 aromatic heterocycles. The van der Waals surface area contributed by atoms with E-state index < -0.39 is 29.2 Å². The van der Waals surface area contributed by atoms with Gasteiger partial charge in [-0.3, -0.25) is 9.59 Å². The molecule has 9 heteroatoms. The van der Waals surface area contributed by atoms with Crippen LogP contribution >= 0.6 is 11.8 Å². The van der Waals surface area contributed by atoms with E-state index in [1.165, 1.54) is 24.5 Å². The van der Waals surface area contributed by atoms with Crippen LogP contribution < -0.4 is 10.6 Å². The van der Waals surface area contributed by atoms with Gasteiger partial charge in [0.2, 0.25) is 0 Å². The van der Waals surface area contributed by atoms with Crippen LogP contribution in [0.3, 0.4) is 0 Å². The summed E-state index contributed by atoms with van der Waals surface area (Å²) in [6.45, 7) is 0. The quantitative estimate of drug-likeness (QED) is 0.268. The van der Waals surface area contributed by atoms with Crippen LogP contribution in [-0.4, -0.2) is 11.8 Å². The van der Waals surface area contributed by atoms with Crippen LogP contribution in [-0.2, 0) is 11.9 Å². The number of hydrogen-bond donors (Lipinski definition) is 2. The minimum atomic E-state index is -4.76. The van der Waals surface area contributed by atoms with E-state index >= 15 is 0 Å². The van der Waals surface area contributed by atoms with E-state index in [0.717, 1.165) is 28.3 Å². The minimum Gasteiger partial charge on any atom is -0.459 e. The van der Waals surface area contributed by atoms with Crippen LogP contribution in [0.5, 0.6) is 0 Å². The lowest BCUT2D eigenvalue weighted by Gasteiger charge is -2.16. The molecular formula is C26H19F3N2O3S. The first-order valence-electron chi connectivity index (χ1n) is 10.4. The number of halogens is 3. The summed E-state index contributed by atoms with van der Waals surface area (Å²) in [6, 6.07) is 22.5. The molecule has 0 aliphatic heterocycles. The zero-order valence-corrected chi connectivity index (χ0v) is 19.0. The van der Waals surface area contributed by atoms with Gasteiger partial charge in [-0.15, -0.1) is 11.8 Å². The van der Waals surface area contributed by atoms with E-state index in [2.05, 4.69) is 10.6 Å². The molecule has 0 saturated heterocycles. The van der Waals surface area contributed by atoms with Crippen molar-refractivity contribution in [1.82, 2.24) is 0 Å². The molecule has 0 spiro atoms. The van der Waals surface area contributed by atoms with Crippen LogP contribution in [0.1, 0.15) is 32.0 Å². The second kappa shape index (κ2) is 10.5. The second-order valence-corrected chi connectivity index (χ2v) is 8.49. The number of nitrogens with one attached hydrogen (secondary N) is 2. The Morgan fingerprint density at radius 1 is 0.829 bits per heavy atom. The van der Waals surface area contributed by atoms with Gasteiger partial charge in [0.25, 0.3) is 11.8 Å². The number of thioether (sulfide) groups is 1. The Bertz CT molecular complexity index is 1310. The Balaban J connectivity index is 1.45. The summed E-state index contributed by atoms with van der Waals surface area (Å²) < 4.78 is 46.0. The van der Waals surface area contributed by atoms with Gasteiger partial charge >= 0.3 is 6.18 Å². The standard InChI is InChI=1S/C26H19F3N2O3S/c27-26(28,29)21-15-19(30-25(33)23-7-4-14-34-23)10-13-22(21)31-24(32)18-8-11-20(12-9-18)35-16-17-5-2-1-3-6-17/h1-15H,16H2,(H,30,33)(H,31,32). The van der Waals surface area contributed by atoms with Crippen molar-refractivity contribution >= 4 is 35.0 Å². The van der Waals surface area contributed by atoms with Crippen molar-refractivity contribution in [2.75, 3.05) is 10.6 Å². The summed E-state index contributed by atoms with van der Waals surface area (Å²) >= 11 is 1.59. The van der Waals surface area contributed by atoms with E-state index in [1.807, 2.05) is 30.3 Å². The van der Waals surface area contributed by atoms with Gasteiger partial charge in [0, 0.05) is 21.9 Å². The van der Waals surface area contributed by atoms with Crippen LogP contribution in [0.25, 0.3) is 0 Å². The number of benzene rings is 3. The lowest BCUT2D eigenvalue weighted by atomic mass is 10.1. The third-order valence-electron chi connectivity index (χ3n) is 4.94. The molecule has 35 heavy (non-hydrogen) atoms. The van der Waals surface area contributed by atoms with Crippen molar-refractivity contribution < 1.29 is 27.2 Å². The van der Waals surface area contributed by atoms with Gasteiger partial charge < -0.3 is 15.1 Å². The molecule has 4 rings (SSSR count). The van der Waals surface area contributed by atoms with Crippen LogP contribution in [0.4, 0.5) is 24.5 Å². The first-order valence-corrected chi connectivity index (χ1v) is 11.4. The molecule has 0 aliphatic carbocycles. The van der Waals surface area contributed by atoms with E-state index in [1.54, 1.807) is 36.0 Å². The molecule has 0 saturated carbocycles. The van der Waals surface area contributed by atoms with Crippen molar-refractivity contribution in [1.29, 1.82) is 0 Å². The van der Waals surface area contributed by atoms with Crippen LogP contribution in [0, 0.1) is 0 Å². The van der Waals surface area contributed by atoms with Crippen molar-refractivity contribution in [2.45, 2.75) is 16.8 Å². The smallest absolute Gasteiger partial charge is 0.418 e. The van der Waals surface area contributed by atoms with Gasteiger partial charge in [0.1, 0.15) is 0 Å². The maximum atomic E-state index is 13.7. The van der Waals surface area contributed by atoms with Crippen molar-refractivity contribution in [3.05, 3.63) is 114 Å². The van der Waals surface area contributed by atoms with Gasteiger partial charge in [0.15, 0.2) is 5.76 Å². The molecule has 178 valence electrons. The van der Waals surface area contributed by atoms with Gasteiger partial charge in [-0.25, -0.2) is 0 Å². The maximum absolute atomic E-state index is 13.7. The first-order chi connectivity index (χ1) is 16.8. The molecule has 0 atom stereocenters. The zero-order chi connectivity index (χ0) is 24.8. The van der Waals surface area contributed by atoms with Crippen molar-refractivity contribution in [3.63, 3.8) is 0 Å². The van der Waals surface area contributed by atoms with Crippen molar-refractivity contribution in [2.24, 2.45) is 0 Å². The van der Waals surface area contributed by atoms with E-state index in [0.29, 0.717) is 0 Å². The number of alkyl halides is 3. The fraction of sp³-hybridized carbons (Fsp3) is 0.0769. The highest BCUT2D eigenvalue weighted by atomic mass is 32.2. The predicted octanol–water partition coefficient (Wildman–Crippen LogP) is 7.10. The Kier molecular flexibility index (Phi) is 7.26. The summed E-state index contributed by atoms with van der Waals surface area (Å²) in [5.41, 5.74) is -0.212. The fourth-order valence-electron chi connectivity index (χ4n) is 3.20. The summed E-state index contributed by atoms with van der Waals surface area (Å²) in [5.74, 6) is -0.654. The van der Waals surface area contributed by atoms with Gasteiger partial charge in [-0.2, -0.15) is 13.2 Å². The molecule has 1 heterocycles. The Labute approximate surface area is 203 Å². The second-order valence-electron chi connectivity index (χ2n) is 7.44. The van der Waals surface area contributed by atoms with Crippen LogP contribution in [0.2, 0.25) is 0 Å². The molecule has 5 nitrogen and oxygen atoms in total. The molecule has 2 N–H and O–H groups in total. The number of carbonyl (C=O) groups is 2.